The number of aromatic nitrogens is 1. The smallest absolute Gasteiger partial charge is 0.255 e. The number of nitrogens with one attached hydrogen (secondary N) is 2. The van der Waals surface area contributed by atoms with E-state index in [1.165, 1.54) is 24.3 Å². The second-order valence-electron chi connectivity index (χ2n) is 5.38. The molecule has 3 rings (SSSR count). The van der Waals surface area contributed by atoms with Crippen LogP contribution in [0, 0.1) is 12.3 Å². The molecule has 1 heterocycles. The average Bonchev–Trinajstić information content (AvgIpc) is 2.67. The molecule has 0 bridgehead atoms. The lowest BCUT2D eigenvalue weighted by atomic mass is 10.1. The molecule has 0 unspecified atom stereocenters. The number of carbonyl (C=O) groups is 1. The number of hydrogen-bond donors (Lipinski definition) is 2. The van der Waals surface area contributed by atoms with Crippen molar-refractivity contribution in [3.8, 4) is 12.3 Å². The highest BCUT2D eigenvalue weighted by atomic mass is 32.2. The van der Waals surface area contributed by atoms with Crippen molar-refractivity contribution in [2.24, 2.45) is 0 Å². The van der Waals surface area contributed by atoms with Crippen molar-refractivity contribution in [2.45, 2.75) is 4.90 Å². The second-order valence-corrected chi connectivity index (χ2v) is 7.15. The Morgan fingerprint density at radius 1 is 1.08 bits per heavy atom. The zero-order chi connectivity index (χ0) is 18.6. The van der Waals surface area contributed by atoms with E-state index < -0.39 is 10.0 Å². The van der Waals surface area contributed by atoms with Crippen LogP contribution in [0.25, 0.3) is 10.9 Å². The van der Waals surface area contributed by atoms with E-state index in [1.54, 1.807) is 24.4 Å². The predicted molar refractivity (Wildman–Crippen MR) is 100 cm³/mol. The summed E-state index contributed by atoms with van der Waals surface area (Å²) < 4.78 is 26.3. The summed E-state index contributed by atoms with van der Waals surface area (Å²) in [5.41, 5.74) is 1.74. The van der Waals surface area contributed by atoms with E-state index in [4.69, 9.17) is 6.42 Å². The second kappa shape index (κ2) is 7.35. The van der Waals surface area contributed by atoms with Crippen molar-refractivity contribution < 1.29 is 13.2 Å². The largest absolute Gasteiger partial charge is 0.321 e. The Kier molecular flexibility index (Phi) is 4.98. The van der Waals surface area contributed by atoms with Gasteiger partial charge in [0.05, 0.1) is 22.6 Å². The molecule has 1 aromatic heterocycles. The highest BCUT2D eigenvalue weighted by Gasteiger charge is 2.14. The number of fused-ring (bicyclic) bond motifs is 1. The Morgan fingerprint density at radius 3 is 2.58 bits per heavy atom. The first kappa shape index (κ1) is 17.6. The third-order valence-electron chi connectivity index (χ3n) is 3.68. The molecule has 2 N–H and O–H groups in total. The lowest BCUT2D eigenvalue weighted by Crippen LogP contribution is -2.24. The molecule has 2 aromatic carbocycles. The molecule has 3 aromatic rings. The van der Waals surface area contributed by atoms with Gasteiger partial charge in [0.25, 0.3) is 5.91 Å². The minimum Gasteiger partial charge on any atom is -0.321 e. The van der Waals surface area contributed by atoms with E-state index in [9.17, 15) is 13.2 Å². The van der Waals surface area contributed by atoms with E-state index >= 15 is 0 Å². The molecule has 0 aliphatic rings. The summed E-state index contributed by atoms with van der Waals surface area (Å²) in [4.78, 5) is 16.8. The van der Waals surface area contributed by atoms with Crippen LogP contribution in [0.15, 0.2) is 65.7 Å². The van der Waals surface area contributed by atoms with Gasteiger partial charge in [-0.25, -0.2) is 8.42 Å². The van der Waals surface area contributed by atoms with Crippen molar-refractivity contribution >= 4 is 32.5 Å². The van der Waals surface area contributed by atoms with Gasteiger partial charge in [-0.15, -0.1) is 6.42 Å². The van der Waals surface area contributed by atoms with Crippen molar-refractivity contribution in [3.63, 3.8) is 0 Å². The zero-order valence-corrected chi connectivity index (χ0v) is 14.5. The van der Waals surface area contributed by atoms with Crippen LogP contribution in [-0.2, 0) is 10.0 Å². The van der Waals surface area contributed by atoms with Crippen LogP contribution in [0.3, 0.4) is 0 Å². The van der Waals surface area contributed by atoms with Gasteiger partial charge in [-0.2, -0.15) is 4.72 Å². The fourth-order valence-corrected chi connectivity index (χ4v) is 3.35. The number of anilines is 1. The average molecular weight is 365 g/mol. The fraction of sp³-hybridized carbons (Fsp3) is 0.0526. The molecule has 0 radical (unpaired) electrons. The van der Waals surface area contributed by atoms with Gasteiger partial charge in [0.1, 0.15) is 0 Å². The first-order valence-electron chi connectivity index (χ1n) is 7.69. The minimum atomic E-state index is -3.69. The summed E-state index contributed by atoms with van der Waals surface area (Å²) in [6.07, 6.45) is 6.74. The topological polar surface area (TPSA) is 88.2 Å². The standard InChI is InChI=1S/C19H15N3O3S/c1-2-12-21-26(24,25)15-10-8-14(9-11-15)19(23)22-18-7-3-6-17-16(18)5-4-13-20-17/h1,3-11,13,21H,12H2,(H,22,23). The Bertz CT molecular complexity index is 1100. The number of sulfonamides is 1. The summed E-state index contributed by atoms with van der Waals surface area (Å²) in [5, 5.41) is 3.64. The number of rotatable bonds is 5. The number of carbonyl (C=O) groups excluding carboxylic acids is 1. The van der Waals surface area contributed by atoms with Gasteiger partial charge in [-0.3, -0.25) is 9.78 Å². The van der Waals surface area contributed by atoms with Crippen molar-refractivity contribution in [3.05, 3.63) is 66.4 Å². The van der Waals surface area contributed by atoms with Crippen LogP contribution in [-0.4, -0.2) is 25.9 Å². The van der Waals surface area contributed by atoms with Crippen molar-refractivity contribution in [1.29, 1.82) is 0 Å². The van der Waals surface area contributed by atoms with E-state index in [-0.39, 0.29) is 17.3 Å². The number of nitrogens with zero attached hydrogens (tertiary/aromatic N) is 1. The summed E-state index contributed by atoms with van der Waals surface area (Å²) in [5.74, 6) is 1.86. The third kappa shape index (κ3) is 3.72. The summed E-state index contributed by atoms with van der Waals surface area (Å²) >= 11 is 0. The normalized spacial score (nSPS) is 11.0. The third-order valence-corrected chi connectivity index (χ3v) is 5.10. The molecule has 7 heteroatoms. The molecular formula is C19H15N3O3S. The maximum absolute atomic E-state index is 12.5. The molecule has 0 atom stereocenters. The van der Waals surface area contributed by atoms with Gasteiger partial charge >= 0.3 is 0 Å². The van der Waals surface area contributed by atoms with Gasteiger partial charge in [0.15, 0.2) is 0 Å². The van der Waals surface area contributed by atoms with E-state index in [2.05, 4.69) is 20.9 Å². The van der Waals surface area contributed by atoms with Gasteiger partial charge in [0.2, 0.25) is 10.0 Å². The summed E-state index contributed by atoms with van der Waals surface area (Å²) in [7, 11) is -3.69. The molecule has 0 aliphatic carbocycles. The van der Waals surface area contributed by atoms with Gasteiger partial charge in [0, 0.05) is 17.1 Å². The molecule has 0 saturated carbocycles. The van der Waals surface area contributed by atoms with Gasteiger partial charge in [-0.1, -0.05) is 12.0 Å². The van der Waals surface area contributed by atoms with Gasteiger partial charge < -0.3 is 5.32 Å². The number of pyridine rings is 1. The molecule has 26 heavy (non-hydrogen) atoms. The lowest BCUT2D eigenvalue weighted by molar-refractivity contribution is 0.102. The Balaban J connectivity index is 1.81. The number of terminal acetylenes is 1. The quantitative estimate of drug-likeness (QED) is 0.680. The van der Waals surface area contributed by atoms with Crippen molar-refractivity contribution in [2.75, 3.05) is 11.9 Å². The molecule has 130 valence electrons. The molecule has 0 fully saturated rings. The summed E-state index contributed by atoms with van der Waals surface area (Å²) in [6.45, 7) is -0.0975. The maximum atomic E-state index is 12.5. The molecular weight excluding hydrogens is 350 g/mol. The minimum absolute atomic E-state index is 0.0404. The maximum Gasteiger partial charge on any atom is 0.255 e. The molecule has 6 nitrogen and oxygen atoms in total. The molecule has 0 spiro atoms. The lowest BCUT2D eigenvalue weighted by Gasteiger charge is -2.09. The van der Waals surface area contributed by atoms with Crippen LogP contribution in [0.2, 0.25) is 0 Å². The molecule has 0 saturated heterocycles. The number of hydrogen-bond acceptors (Lipinski definition) is 4. The predicted octanol–water partition coefficient (Wildman–Crippen LogP) is 2.40. The van der Waals surface area contributed by atoms with Gasteiger partial charge in [-0.05, 0) is 48.5 Å². The van der Waals surface area contributed by atoms with Crippen LogP contribution >= 0.6 is 0 Å². The number of benzene rings is 2. The Morgan fingerprint density at radius 2 is 1.85 bits per heavy atom. The van der Waals surface area contributed by atoms with Crippen LogP contribution in [0.5, 0.6) is 0 Å². The van der Waals surface area contributed by atoms with Crippen LogP contribution in [0.1, 0.15) is 10.4 Å². The number of amides is 1. The van der Waals surface area contributed by atoms with E-state index in [1.807, 2.05) is 12.1 Å². The van der Waals surface area contributed by atoms with Crippen LogP contribution in [0.4, 0.5) is 5.69 Å². The van der Waals surface area contributed by atoms with Crippen molar-refractivity contribution in [1.82, 2.24) is 9.71 Å². The van der Waals surface area contributed by atoms with E-state index in [0.29, 0.717) is 11.3 Å². The Labute approximate surface area is 151 Å². The molecule has 0 aliphatic heterocycles. The highest BCUT2D eigenvalue weighted by molar-refractivity contribution is 7.89. The van der Waals surface area contributed by atoms with Crippen LogP contribution < -0.4 is 10.0 Å². The first-order chi connectivity index (χ1) is 12.5. The monoisotopic (exact) mass is 365 g/mol. The fourth-order valence-electron chi connectivity index (χ4n) is 2.41. The highest BCUT2D eigenvalue weighted by Crippen LogP contribution is 2.22. The van der Waals surface area contributed by atoms with E-state index in [0.717, 1.165) is 10.9 Å². The Hall–Kier alpha value is -3.21. The zero-order valence-electron chi connectivity index (χ0n) is 13.6. The first-order valence-corrected chi connectivity index (χ1v) is 9.18. The molecule has 1 amide bonds. The SMILES string of the molecule is C#CCNS(=O)(=O)c1ccc(C(=O)Nc2cccc3ncccc23)cc1. The summed E-state index contributed by atoms with van der Waals surface area (Å²) in [6, 6.07) is 14.7.